The van der Waals surface area contributed by atoms with Gasteiger partial charge in [-0.15, -0.1) is 0 Å². The zero-order valence-corrected chi connectivity index (χ0v) is 12.0. The van der Waals surface area contributed by atoms with E-state index in [2.05, 4.69) is 0 Å². The van der Waals surface area contributed by atoms with Crippen LogP contribution in [0.5, 0.6) is 5.75 Å². The van der Waals surface area contributed by atoms with Crippen LogP contribution in [0.2, 0.25) is 5.02 Å². The molecule has 0 aliphatic rings. The maximum absolute atomic E-state index is 12.2. The Balaban J connectivity index is 2.20. The molecule has 0 atom stereocenters. The Hall–Kier alpha value is -2.46. The minimum Gasteiger partial charge on any atom is -0.497 e. The monoisotopic (exact) mass is 301 g/mol. The van der Waals surface area contributed by atoms with E-state index >= 15 is 0 Å². The number of ether oxygens (including phenoxy) is 1. The van der Waals surface area contributed by atoms with Gasteiger partial charge < -0.3 is 14.9 Å². The first kappa shape index (κ1) is 13.5. The molecule has 0 saturated heterocycles. The smallest absolute Gasteiger partial charge is 0.193 e. The molecule has 2 N–H and O–H groups in total. The SMILES string of the molecule is COc1ccc2oc(-c3ccc(Cl)c(N)c3)cc(=O)c2c1. The lowest BCUT2D eigenvalue weighted by Crippen LogP contribution is -2.01. The second-order valence-corrected chi connectivity index (χ2v) is 4.98. The summed E-state index contributed by atoms with van der Waals surface area (Å²) >= 11 is 5.90. The first-order valence-corrected chi connectivity index (χ1v) is 6.63. The highest BCUT2D eigenvalue weighted by Crippen LogP contribution is 2.28. The second-order valence-electron chi connectivity index (χ2n) is 4.57. The van der Waals surface area contributed by atoms with Gasteiger partial charge in [-0.05, 0) is 36.4 Å². The van der Waals surface area contributed by atoms with E-state index in [1.165, 1.54) is 6.07 Å². The van der Waals surface area contributed by atoms with Gasteiger partial charge in [0.15, 0.2) is 5.43 Å². The van der Waals surface area contributed by atoms with E-state index in [1.54, 1.807) is 43.5 Å². The van der Waals surface area contributed by atoms with Gasteiger partial charge in [-0.2, -0.15) is 0 Å². The number of methoxy groups -OCH3 is 1. The first-order valence-electron chi connectivity index (χ1n) is 6.26. The van der Waals surface area contributed by atoms with Crippen molar-refractivity contribution in [2.24, 2.45) is 0 Å². The molecule has 0 aliphatic heterocycles. The molecule has 0 radical (unpaired) electrons. The molecule has 4 nitrogen and oxygen atoms in total. The Morgan fingerprint density at radius 2 is 1.95 bits per heavy atom. The zero-order valence-electron chi connectivity index (χ0n) is 11.2. The molecule has 3 aromatic rings. The Morgan fingerprint density at radius 1 is 1.14 bits per heavy atom. The van der Waals surface area contributed by atoms with Crippen LogP contribution in [0.25, 0.3) is 22.3 Å². The summed E-state index contributed by atoms with van der Waals surface area (Å²) in [6.07, 6.45) is 0. The number of fused-ring (bicyclic) bond motifs is 1. The Labute approximate surface area is 125 Å². The summed E-state index contributed by atoms with van der Waals surface area (Å²) in [5.74, 6) is 1.05. The molecule has 0 saturated carbocycles. The maximum Gasteiger partial charge on any atom is 0.193 e. The maximum atomic E-state index is 12.2. The van der Waals surface area contributed by atoms with E-state index in [4.69, 9.17) is 26.5 Å². The molecule has 5 heteroatoms. The molecule has 3 rings (SSSR count). The Bertz CT molecular complexity index is 886. The van der Waals surface area contributed by atoms with Gasteiger partial charge in [0.05, 0.1) is 23.2 Å². The van der Waals surface area contributed by atoms with E-state index in [0.717, 1.165) is 0 Å². The number of nitrogen functional groups attached to an aromatic ring is 1. The fraction of sp³-hybridized carbons (Fsp3) is 0.0625. The van der Waals surface area contributed by atoms with Gasteiger partial charge in [-0.25, -0.2) is 0 Å². The van der Waals surface area contributed by atoms with Gasteiger partial charge in [0.25, 0.3) is 0 Å². The van der Waals surface area contributed by atoms with Crippen LogP contribution >= 0.6 is 11.6 Å². The third-order valence-electron chi connectivity index (χ3n) is 3.21. The van der Waals surface area contributed by atoms with Gasteiger partial charge >= 0.3 is 0 Å². The summed E-state index contributed by atoms with van der Waals surface area (Å²) in [6.45, 7) is 0. The highest BCUT2D eigenvalue weighted by Gasteiger charge is 2.09. The van der Waals surface area contributed by atoms with Crippen molar-refractivity contribution in [2.75, 3.05) is 12.8 Å². The number of nitrogens with two attached hydrogens (primary N) is 1. The average molecular weight is 302 g/mol. The molecule has 21 heavy (non-hydrogen) atoms. The molecule has 106 valence electrons. The van der Waals surface area contributed by atoms with Crippen LogP contribution in [-0.2, 0) is 0 Å². The fourth-order valence-electron chi connectivity index (χ4n) is 2.10. The lowest BCUT2D eigenvalue weighted by molar-refractivity contribution is 0.415. The number of anilines is 1. The number of halogens is 1. The highest BCUT2D eigenvalue weighted by atomic mass is 35.5. The van der Waals surface area contributed by atoms with Crippen LogP contribution in [0.15, 0.2) is 51.7 Å². The molecule has 0 spiro atoms. The van der Waals surface area contributed by atoms with Crippen molar-refractivity contribution in [1.82, 2.24) is 0 Å². The van der Waals surface area contributed by atoms with E-state index in [-0.39, 0.29) is 5.43 Å². The quantitative estimate of drug-likeness (QED) is 0.733. The number of rotatable bonds is 2. The molecular formula is C16H12ClNO3. The largest absolute Gasteiger partial charge is 0.497 e. The fourth-order valence-corrected chi connectivity index (χ4v) is 2.22. The summed E-state index contributed by atoms with van der Waals surface area (Å²) in [4.78, 5) is 12.2. The van der Waals surface area contributed by atoms with Crippen LogP contribution in [0, 0.1) is 0 Å². The summed E-state index contributed by atoms with van der Waals surface area (Å²) in [5.41, 5.74) is 7.27. The van der Waals surface area contributed by atoms with Crippen molar-refractivity contribution in [3.05, 3.63) is 57.7 Å². The molecular weight excluding hydrogens is 290 g/mol. The van der Waals surface area contributed by atoms with E-state index < -0.39 is 0 Å². The van der Waals surface area contributed by atoms with Crippen molar-refractivity contribution in [1.29, 1.82) is 0 Å². The summed E-state index contributed by atoms with van der Waals surface area (Å²) in [7, 11) is 1.55. The van der Waals surface area contributed by atoms with Crippen LogP contribution in [-0.4, -0.2) is 7.11 Å². The highest BCUT2D eigenvalue weighted by molar-refractivity contribution is 6.33. The number of benzene rings is 2. The molecule has 0 fully saturated rings. The van der Waals surface area contributed by atoms with Crippen molar-refractivity contribution in [3.8, 4) is 17.1 Å². The topological polar surface area (TPSA) is 65.5 Å². The summed E-state index contributed by atoms with van der Waals surface area (Å²) in [5, 5.41) is 0.937. The van der Waals surface area contributed by atoms with Crippen LogP contribution in [0.4, 0.5) is 5.69 Å². The molecule has 0 bridgehead atoms. The van der Waals surface area contributed by atoms with E-state index in [1.807, 2.05) is 0 Å². The Kier molecular flexibility index (Phi) is 3.31. The van der Waals surface area contributed by atoms with Crippen LogP contribution < -0.4 is 15.9 Å². The molecule has 0 unspecified atom stereocenters. The van der Waals surface area contributed by atoms with Crippen molar-refractivity contribution in [3.63, 3.8) is 0 Å². The lowest BCUT2D eigenvalue weighted by atomic mass is 10.1. The molecule has 0 aliphatic carbocycles. The Morgan fingerprint density at radius 3 is 2.67 bits per heavy atom. The minimum absolute atomic E-state index is 0.140. The van der Waals surface area contributed by atoms with E-state index in [0.29, 0.717) is 38.8 Å². The van der Waals surface area contributed by atoms with Crippen molar-refractivity contribution in [2.45, 2.75) is 0 Å². The molecule has 1 aromatic heterocycles. The van der Waals surface area contributed by atoms with Gasteiger partial charge in [0.2, 0.25) is 0 Å². The lowest BCUT2D eigenvalue weighted by Gasteiger charge is -2.06. The third kappa shape index (κ3) is 2.45. The van der Waals surface area contributed by atoms with Gasteiger partial charge in [-0.1, -0.05) is 11.6 Å². The van der Waals surface area contributed by atoms with Gasteiger partial charge in [-0.3, -0.25) is 4.79 Å². The third-order valence-corrected chi connectivity index (χ3v) is 3.56. The van der Waals surface area contributed by atoms with E-state index in [9.17, 15) is 4.79 Å². The molecule has 2 aromatic carbocycles. The van der Waals surface area contributed by atoms with Crippen LogP contribution in [0.1, 0.15) is 0 Å². The minimum atomic E-state index is -0.140. The standard InChI is InChI=1S/C16H12ClNO3/c1-20-10-3-5-15-11(7-10)14(19)8-16(21-15)9-2-4-12(17)13(18)6-9/h2-8H,18H2,1H3. The average Bonchev–Trinajstić information content (AvgIpc) is 2.49. The molecule has 1 heterocycles. The van der Waals surface area contributed by atoms with Crippen LogP contribution in [0.3, 0.4) is 0 Å². The van der Waals surface area contributed by atoms with Crippen molar-refractivity contribution >= 4 is 28.3 Å². The normalized spacial score (nSPS) is 10.8. The predicted molar refractivity (Wildman–Crippen MR) is 83.9 cm³/mol. The summed E-state index contributed by atoms with van der Waals surface area (Å²) < 4.78 is 10.9. The van der Waals surface area contributed by atoms with Gasteiger partial charge in [0.1, 0.15) is 17.1 Å². The second kappa shape index (κ2) is 5.14. The number of hydrogen-bond donors (Lipinski definition) is 1. The predicted octanol–water partition coefficient (Wildman–Crippen LogP) is 3.70. The first-order chi connectivity index (χ1) is 10.1. The van der Waals surface area contributed by atoms with Crippen molar-refractivity contribution < 1.29 is 9.15 Å². The number of hydrogen-bond acceptors (Lipinski definition) is 4. The molecule has 0 amide bonds. The zero-order chi connectivity index (χ0) is 15.0. The van der Waals surface area contributed by atoms with Gasteiger partial charge in [0, 0.05) is 11.6 Å². The summed E-state index contributed by atoms with van der Waals surface area (Å²) in [6, 6.07) is 11.6.